The molecule has 0 unspecified atom stereocenters. The first-order valence-corrected chi connectivity index (χ1v) is 7.25. The Labute approximate surface area is 137 Å². The predicted octanol–water partition coefficient (Wildman–Crippen LogP) is -0.939. The molecule has 9 nitrogen and oxygen atoms in total. The van der Waals surface area contributed by atoms with Gasteiger partial charge in [0.15, 0.2) is 11.5 Å². The summed E-state index contributed by atoms with van der Waals surface area (Å²) in [4.78, 5) is 12.2. The third-order valence-corrected chi connectivity index (χ3v) is 3.98. The second-order valence-corrected chi connectivity index (χ2v) is 5.44. The third-order valence-electron chi connectivity index (χ3n) is 3.98. The Morgan fingerprint density at radius 1 is 1.04 bits per heavy atom. The summed E-state index contributed by atoms with van der Waals surface area (Å²) in [6, 6.07) is 2.80. The van der Waals surface area contributed by atoms with Gasteiger partial charge in [0.25, 0.3) is 0 Å². The fourth-order valence-corrected chi connectivity index (χ4v) is 2.62. The maximum absolute atomic E-state index is 12.2. The second kappa shape index (κ2) is 6.44. The molecule has 0 aromatic heterocycles. The lowest BCUT2D eigenvalue weighted by Crippen LogP contribution is -2.60. The predicted molar refractivity (Wildman–Crippen MR) is 77.1 cm³/mol. The zero-order valence-corrected chi connectivity index (χ0v) is 13.0. The van der Waals surface area contributed by atoms with Gasteiger partial charge in [0.05, 0.1) is 19.8 Å². The first-order valence-electron chi connectivity index (χ1n) is 7.25. The van der Waals surface area contributed by atoms with Crippen molar-refractivity contribution in [2.24, 2.45) is 0 Å². The van der Waals surface area contributed by atoms with Gasteiger partial charge in [0.1, 0.15) is 31.0 Å². The minimum atomic E-state index is -1.54. The van der Waals surface area contributed by atoms with Crippen molar-refractivity contribution < 1.29 is 43.8 Å². The fourth-order valence-electron chi connectivity index (χ4n) is 2.62. The van der Waals surface area contributed by atoms with E-state index in [9.17, 15) is 20.1 Å². The molecule has 1 aromatic carbocycles. The van der Waals surface area contributed by atoms with Crippen LogP contribution in [0.15, 0.2) is 12.1 Å². The monoisotopic (exact) mass is 342 g/mol. The number of aliphatic hydroxyl groups is 3. The van der Waals surface area contributed by atoms with E-state index >= 15 is 0 Å². The van der Waals surface area contributed by atoms with Gasteiger partial charge in [-0.3, -0.25) is 0 Å². The van der Waals surface area contributed by atoms with Gasteiger partial charge in [-0.2, -0.15) is 0 Å². The summed E-state index contributed by atoms with van der Waals surface area (Å²) >= 11 is 0. The normalized spacial score (nSPS) is 32.4. The molecule has 0 radical (unpaired) electrons. The number of benzene rings is 1. The smallest absolute Gasteiger partial charge is 0.338 e. The first-order chi connectivity index (χ1) is 11.5. The summed E-state index contributed by atoms with van der Waals surface area (Å²) in [5, 5.41) is 30.0. The molecular formula is C15H18O9. The van der Waals surface area contributed by atoms with Gasteiger partial charge in [-0.25, -0.2) is 4.79 Å². The molecule has 132 valence electrons. The first kappa shape index (κ1) is 16.8. The summed E-state index contributed by atoms with van der Waals surface area (Å²) < 4.78 is 26.6. The SMILES string of the molecule is COc1cc2cc(OC)c1O[C@@H]1O[C@H](COC2=O)[C@@H](O)[C@H](O)[C@H]1O. The minimum absolute atomic E-state index is 0.0878. The summed E-state index contributed by atoms with van der Waals surface area (Å²) in [5.74, 6) is -0.273. The third kappa shape index (κ3) is 2.75. The highest BCUT2D eigenvalue weighted by Gasteiger charge is 2.46. The molecule has 3 aliphatic heterocycles. The van der Waals surface area contributed by atoms with Crippen LogP contribution in [-0.4, -0.2) is 72.8 Å². The van der Waals surface area contributed by atoms with Crippen LogP contribution in [0.4, 0.5) is 0 Å². The molecule has 0 spiro atoms. The summed E-state index contributed by atoms with van der Waals surface area (Å²) in [6.07, 6.45) is -6.89. The van der Waals surface area contributed by atoms with Crippen molar-refractivity contribution in [3.63, 3.8) is 0 Å². The van der Waals surface area contributed by atoms with E-state index in [1.165, 1.54) is 26.4 Å². The highest BCUT2D eigenvalue weighted by molar-refractivity contribution is 5.91. The van der Waals surface area contributed by atoms with Gasteiger partial charge in [-0.1, -0.05) is 0 Å². The molecule has 0 saturated carbocycles. The van der Waals surface area contributed by atoms with Crippen LogP contribution in [0.1, 0.15) is 10.4 Å². The maximum atomic E-state index is 12.2. The van der Waals surface area contributed by atoms with Gasteiger partial charge >= 0.3 is 5.97 Å². The van der Waals surface area contributed by atoms with Crippen LogP contribution in [0.5, 0.6) is 17.2 Å². The largest absolute Gasteiger partial charge is 0.493 e. The van der Waals surface area contributed by atoms with Crippen LogP contribution in [0.25, 0.3) is 0 Å². The Morgan fingerprint density at radius 2 is 1.67 bits per heavy atom. The average molecular weight is 342 g/mol. The Balaban J connectivity index is 2.08. The number of fused-ring (bicyclic) bond motifs is 4. The van der Waals surface area contributed by atoms with E-state index in [0.29, 0.717) is 0 Å². The molecule has 0 aliphatic carbocycles. The van der Waals surface area contributed by atoms with Gasteiger partial charge in [0, 0.05) is 0 Å². The van der Waals surface area contributed by atoms with Gasteiger partial charge in [-0.15, -0.1) is 0 Å². The summed E-state index contributed by atoms with van der Waals surface area (Å²) in [5.41, 5.74) is 0.156. The molecule has 4 bridgehead atoms. The van der Waals surface area contributed by atoms with E-state index in [1.54, 1.807) is 0 Å². The Hall–Kier alpha value is -2.07. The molecule has 1 fully saturated rings. The van der Waals surface area contributed by atoms with Crippen molar-refractivity contribution in [3.8, 4) is 17.2 Å². The maximum Gasteiger partial charge on any atom is 0.338 e. The number of carbonyl (C=O) groups is 1. The van der Waals surface area contributed by atoms with Crippen LogP contribution < -0.4 is 14.2 Å². The lowest BCUT2D eigenvalue weighted by molar-refractivity contribution is -0.277. The number of hydrogen-bond donors (Lipinski definition) is 3. The number of aliphatic hydroxyl groups excluding tert-OH is 3. The molecule has 9 heteroatoms. The molecule has 3 N–H and O–H groups in total. The van der Waals surface area contributed by atoms with Crippen molar-refractivity contribution in [2.45, 2.75) is 30.7 Å². The van der Waals surface area contributed by atoms with Crippen LogP contribution >= 0.6 is 0 Å². The van der Waals surface area contributed by atoms with Crippen LogP contribution in [-0.2, 0) is 9.47 Å². The quantitative estimate of drug-likeness (QED) is 0.584. The number of carbonyl (C=O) groups excluding carboxylic acids is 1. The molecule has 0 amide bonds. The van der Waals surface area contributed by atoms with E-state index in [1.807, 2.05) is 0 Å². The topological polar surface area (TPSA) is 124 Å². The van der Waals surface area contributed by atoms with Crippen molar-refractivity contribution in [2.75, 3.05) is 20.8 Å². The molecular weight excluding hydrogens is 324 g/mol. The Morgan fingerprint density at radius 3 is 2.25 bits per heavy atom. The lowest BCUT2D eigenvalue weighted by atomic mass is 9.99. The van der Waals surface area contributed by atoms with Crippen LogP contribution in [0, 0.1) is 0 Å². The number of ether oxygens (including phenoxy) is 5. The van der Waals surface area contributed by atoms with E-state index in [0.717, 1.165) is 0 Å². The van der Waals surface area contributed by atoms with Crippen LogP contribution in [0.2, 0.25) is 0 Å². The standard InChI is InChI=1S/C15H18O9/c1-20-7-3-6-4-8(21-2)13(7)24-15-12(18)11(17)10(16)9(23-15)5-22-14(6)19/h3-4,9-12,15-18H,5H2,1-2H3/t9-,10-,11+,12-,15+/m1/s1. The molecule has 3 heterocycles. The van der Waals surface area contributed by atoms with E-state index in [2.05, 4.69) is 0 Å². The molecule has 1 saturated heterocycles. The van der Waals surface area contributed by atoms with Crippen molar-refractivity contribution in [1.29, 1.82) is 0 Å². The van der Waals surface area contributed by atoms with Crippen molar-refractivity contribution in [3.05, 3.63) is 17.7 Å². The van der Waals surface area contributed by atoms with Crippen molar-refractivity contribution >= 4 is 5.97 Å². The van der Waals surface area contributed by atoms with E-state index < -0.39 is 36.7 Å². The zero-order chi connectivity index (χ0) is 17.4. The molecule has 4 rings (SSSR count). The van der Waals surface area contributed by atoms with Crippen LogP contribution in [0.3, 0.4) is 0 Å². The number of methoxy groups -OCH3 is 2. The number of hydrogen-bond acceptors (Lipinski definition) is 9. The Bertz CT molecular complexity index is 606. The summed E-state index contributed by atoms with van der Waals surface area (Å²) in [6.45, 7) is -0.325. The minimum Gasteiger partial charge on any atom is -0.493 e. The fraction of sp³-hybridized carbons (Fsp3) is 0.533. The average Bonchev–Trinajstić information content (AvgIpc) is 2.63. The molecule has 1 aromatic rings. The summed E-state index contributed by atoms with van der Waals surface area (Å²) in [7, 11) is 2.74. The number of rotatable bonds is 2. The molecule has 5 atom stereocenters. The second-order valence-electron chi connectivity index (χ2n) is 5.44. The van der Waals surface area contributed by atoms with Gasteiger partial charge < -0.3 is 39.0 Å². The van der Waals surface area contributed by atoms with E-state index in [-0.39, 0.29) is 29.4 Å². The van der Waals surface area contributed by atoms with E-state index in [4.69, 9.17) is 23.7 Å². The van der Waals surface area contributed by atoms with Crippen molar-refractivity contribution in [1.82, 2.24) is 0 Å². The molecule has 24 heavy (non-hydrogen) atoms. The lowest BCUT2D eigenvalue weighted by Gasteiger charge is -2.39. The number of esters is 1. The zero-order valence-electron chi connectivity index (χ0n) is 13.0. The Kier molecular flexibility index (Phi) is 4.50. The van der Waals surface area contributed by atoms with Gasteiger partial charge in [-0.05, 0) is 12.1 Å². The highest BCUT2D eigenvalue weighted by Crippen LogP contribution is 2.41. The van der Waals surface area contributed by atoms with Gasteiger partial charge in [0.2, 0.25) is 12.0 Å². The highest BCUT2D eigenvalue weighted by atomic mass is 16.7. The molecule has 3 aliphatic rings.